The molecule has 0 N–H and O–H groups in total. The third-order valence-corrected chi connectivity index (χ3v) is 3.66. The molecule has 0 unspecified atom stereocenters. The highest BCUT2D eigenvalue weighted by Gasteiger charge is 2.01. The van der Waals surface area contributed by atoms with Crippen molar-refractivity contribution in [2.75, 3.05) is 7.11 Å². The highest BCUT2D eigenvalue weighted by molar-refractivity contribution is 7.99. The van der Waals surface area contributed by atoms with E-state index < -0.39 is 0 Å². The van der Waals surface area contributed by atoms with Gasteiger partial charge < -0.3 is 4.74 Å². The molecule has 18 heavy (non-hydrogen) atoms. The van der Waals surface area contributed by atoms with Gasteiger partial charge in [0.05, 0.1) is 7.11 Å². The number of aldehydes is 1. The predicted octanol–water partition coefficient (Wildman–Crippen LogP) is 3.97. The Hall–Kier alpha value is -1.74. The van der Waals surface area contributed by atoms with E-state index in [0.717, 1.165) is 33.0 Å². The van der Waals surface area contributed by atoms with Crippen molar-refractivity contribution in [3.63, 3.8) is 0 Å². The molecule has 0 heterocycles. The van der Waals surface area contributed by atoms with E-state index in [9.17, 15) is 4.79 Å². The van der Waals surface area contributed by atoms with Gasteiger partial charge in [-0.1, -0.05) is 17.8 Å². The van der Waals surface area contributed by atoms with Gasteiger partial charge >= 0.3 is 0 Å². The highest BCUT2D eigenvalue weighted by Crippen LogP contribution is 2.29. The maximum Gasteiger partial charge on any atom is 0.150 e. The fraction of sp³-hybridized carbons (Fsp3) is 0.133. The van der Waals surface area contributed by atoms with Gasteiger partial charge in [-0.15, -0.1) is 0 Å². The monoisotopic (exact) mass is 258 g/mol. The first kappa shape index (κ1) is 12.7. The van der Waals surface area contributed by atoms with E-state index >= 15 is 0 Å². The molecule has 3 heteroatoms. The van der Waals surface area contributed by atoms with Gasteiger partial charge in [-0.05, 0) is 48.9 Å². The molecule has 0 saturated carbocycles. The SMILES string of the molecule is COc1ccc(Sc2ccc(C=O)c(C)c2)cc1. The van der Waals surface area contributed by atoms with E-state index in [2.05, 4.69) is 0 Å². The summed E-state index contributed by atoms with van der Waals surface area (Å²) < 4.78 is 5.12. The molecular weight excluding hydrogens is 244 g/mol. The maximum atomic E-state index is 10.7. The molecule has 92 valence electrons. The average molecular weight is 258 g/mol. The summed E-state index contributed by atoms with van der Waals surface area (Å²) in [6.45, 7) is 1.95. The van der Waals surface area contributed by atoms with Crippen LogP contribution >= 0.6 is 11.8 Å². The summed E-state index contributed by atoms with van der Waals surface area (Å²) in [6.07, 6.45) is 0.886. The molecule has 0 aliphatic rings. The molecule has 0 aromatic heterocycles. The van der Waals surface area contributed by atoms with Crippen molar-refractivity contribution in [3.8, 4) is 5.75 Å². The van der Waals surface area contributed by atoms with Crippen molar-refractivity contribution in [3.05, 3.63) is 53.6 Å². The molecule has 0 aliphatic carbocycles. The first-order chi connectivity index (χ1) is 8.72. The molecule has 2 nitrogen and oxygen atoms in total. The minimum atomic E-state index is 0.745. The van der Waals surface area contributed by atoms with Crippen LogP contribution in [0.2, 0.25) is 0 Å². The van der Waals surface area contributed by atoms with Crippen LogP contribution in [0.4, 0.5) is 0 Å². The van der Waals surface area contributed by atoms with Crippen molar-refractivity contribution in [1.29, 1.82) is 0 Å². The lowest BCUT2D eigenvalue weighted by atomic mass is 10.1. The van der Waals surface area contributed by atoms with Crippen molar-refractivity contribution in [1.82, 2.24) is 0 Å². The second kappa shape index (κ2) is 5.74. The van der Waals surface area contributed by atoms with Gasteiger partial charge in [0.25, 0.3) is 0 Å². The molecular formula is C15H14O2S. The lowest BCUT2D eigenvalue weighted by Gasteiger charge is -2.05. The lowest BCUT2D eigenvalue weighted by Crippen LogP contribution is -1.86. The Morgan fingerprint density at radius 3 is 2.28 bits per heavy atom. The second-order valence-corrected chi connectivity index (χ2v) is 5.06. The summed E-state index contributed by atoms with van der Waals surface area (Å²) in [5, 5.41) is 0. The largest absolute Gasteiger partial charge is 0.497 e. The van der Waals surface area contributed by atoms with E-state index in [0.29, 0.717) is 0 Å². The zero-order valence-corrected chi connectivity index (χ0v) is 11.2. The quantitative estimate of drug-likeness (QED) is 0.776. The Labute approximate surface area is 111 Å². The van der Waals surface area contributed by atoms with Crippen LogP contribution in [-0.4, -0.2) is 13.4 Å². The lowest BCUT2D eigenvalue weighted by molar-refractivity contribution is 0.112. The van der Waals surface area contributed by atoms with E-state index in [1.807, 2.05) is 49.4 Å². The molecule has 0 atom stereocenters. The molecule has 2 aromatic carbocycles. The van der Waals surface area contributed by atoms with Gasteiger partial charge in [-0.25, -0.2) is 0 Å². The Morgan fingerprint density at radius 1 is 1.06 bits per heavy atom. The van der Waals surface area contributed by atoms with Gasteiger partial charge in [-0.2, -0.15) is 0 Å². The number of aryl methyl sites for hydroxylation is 1. The summed E-state index contributed by atoms with van der Waals surface area (Å²) in [5.74, 6) is 0.854. The van der Waals surface area contributed by atoms with E-state index in [1.165, 1.54) is 0 Å². The van der Waals surface area contributed by atoms with Crippen LogP contribution in [0.5, 0.6) is 5.75 Å². The number of benzene rings is 2. The normalized spacial score (nSPS) is 10.1. The first-order valence-electron chi connectivity index (χ1n) is 5.60. The van der Waals surface area contributed by atoms with E-state index in [-0.39, 0.29) is 0 Å². The van der Waals surface area contributed by atoms with Crippen LogP contribution < -0.4 is 4.74 Å². The van der Waals surface area contributed by atoms with Gasteiger partial charge in [-0.3, -0.25) is 4.79 Å². The molecule has 0 aliphatic heterocycles. The summed E-state index contributed by atoms with van der Waals surface area (Å²) >= 11 is 1.67. The number of carbonyl (C=O) groups excluding carboxylic acids is 1. The summed E-state index contributed by atoms with van der Waals surface area (Å²) in [4.78, 5) is 13.0. The van der Waals surface area contributed by atoms with Crippen molar-refractivity contribution in [2.24, 2.45) is 0 Å². The fourth-order valence-electron chi connectivity index (χ4n) is 1.62. The van der Waals surface area contributed by atoms with Crippen molar-refractivity contribution >= 4 is 18.0 Å². The van der Waals surface area contributed by atoms with Crippen LogP contribution in [0.3, 0.4) is 0 Å². The molecule has 0 spiro atoms. The molecule has 0 amide bonds. The van der Waals surface area contributed by atoms with Crippen LogP contribution in [0.1, 0.15) is 15.9 Å². The van der Waals surface area contributed by atoms with Crippen LogP contribution in [0.25, 0.3) is 0 Å². The minimum Gasteiger partial charge on any atom is -0.497 e. The molecule has 2 rings (SSSR count). The number of carbonyl (C=O) groups is 1. The van der Waals surface area contributed by atoms with E-state index in [4.69, 9.17) is 4.74 Å². The highest BCUT2D eigenvalue weighted by atomic mass is 32.2. The Bertz CT molecular complexity index is 547. The van der Waals surface area contributed by atoms with Crippen molar-refractivity contribution in [2.45, 2.75) is 16.7 Å². The van der Waals surface area contributed by atoms with Gasteiger partial charge in [0, 0.05) is 15.4 Å². The fourth-order valence-corrected chi connectivity index (χ4v) is 2.54. The zero-order chi connectivity index (χ0) is 13.0. The Kier molecular flexibility index (Phi) is 4.05. The molecule has 0 bridgehead atoms. The molecule has 0 saturated heterocycles. The summed E-state index contributed by atoms with van der Waals surface area (Å²) in [7, 11) is 1.66. The minimum absolute atomic E-state index is 0.745. The Balaban J connectivity index is 2.17. The predicted molar refractivity (Wildman–Crippen MR) is 73.7 cm³/mol. The average Bonchev–Trinajstić information content (AvgIpc) is 2.40. The molecule has 0 radical (unpaired) electrons. The van der Waals surface area contributed by atoms with Crippen LogP contribution in [0, 0.1) is 6.92 Å². The number of ether oxygens (including phenoxy) is 1. The number of hydrogen-bond donors (Lipinski definition) is 0. The van der Waals surface area contributed by atoms with E-state index in [1.54, 1.807) is 18.9 Å². The third kappa shape index (κ3) is 2.93. The summed E-state index contributed by atoms with van der Waals surface area (Å²) in [5.41, 5.74) is 1.75. The number of rotatable bonds is 4. The Morgan fingerprint density at radius 2 is 1.72 bits per heavy atom. The number of methoxy groups -OCH3 is 1. The third-order valence-electron chi connectivity index (χ3n) is 2.66. The summed E-state index contributed by atoms with van der Waals surface area (Å²) in [6, 6.07) is 13.8. The second-order valence-electron chi connectivity index (χ2n) is 3.91. The topological polar surface area (TPSA) is 26.3 Å². The van der Waals surface area contributed by atoms with Gasteiger partial charge in [0.15, 0.2) is 0 Å². The first-order valence-corrected chi connectivity index (χ1v) is 6.42. The van der Waals surface area contributed by atoms with Gasteiger partial charge in [0.1, 0.15) is 12.0 Å². The number of hydrogen-bond acceptors (Lipinski definition) is 3. The smallest absolute Gasteiger partial charge is 0.150 e. The maximum absolute atomic E-state index is 10.7. The van der Waals surface area contributed by atoms with Gasteiger partial charge in [0.2, 0.25) is 0 Å². The molecule has 2 aromatic rings. The van der Waals surface area contributed by atoms with Crippen molar-refractivity contribution < 1.29 is 9.53 Å². The zero-order valence-electron chi connectivity index (χ0n) is 10.3. The molecule has 0 fully saturated rings. The van der Waals surface area contributed by atoms with Crippen LogP contribution in [-0.2, 0) is 0 Å². The van der Waals surface area contributed by atoms with Crippen LogP contribution in [0.15, 0.2) is 52.3 Å². The standard InChI is InChI=1S/C15H14O2S/c1-11-9-15(6-3-12(11)10-16)18-14-7-4-13(17-2)5-8-14/h3-10H,1-2H3.